The first-order valence-electron chi connectivity index (χ1n) is 11.5. The van der Waals surface area contributed by atoms with Crippen LogP contribution in [0.5, 0.6) is 0 Å². The summed E-state index contributed by atoms with van der Waals surface area (Å²) >= 11 is 6.78. The molecule has 3 aromatic rings. The molecule has 174 valence electrons. The van der Waals surface area contributed by atoms with Gasteiger partial charge in [0, 0.05) is 19.3 Å². The van der Waals surface area contributed by atoms with Crippen molar-refractivity contribution in [2.24, 2.45) is 0 Å². The van der Waals surface area contributed by atoms with Gasteiger partial charge in [-0.15, -0.1) is 0 Å². The SMILES string of the molecule is Cc1ccc(CN2C(=O)C(=Cc3c(N4CCCCC4)nc4ccc(C)cn4c3=O)SC2=S)cc1. The molecule has 0 aliphatic carbocycles. The number of piperidine rings is 1. The minimum Gasteiger partial charge on any atom is -0.356 e. The van der Waals surface area contributed by atoms with Crippen LogP contribution in [0.15, 0.2) is 52.3 Å². The van der Waals surface area contributed by atoms with Crippen molar-refractivity contribution in [1.82, 2.24) is 14.3 Å². The van der Waals surface area contributed by atoms with Gasteiger partial charge in [-0.25, -0.2) is 4.98 Å². The van der Waals surface area contributed by atoms with Crippen LogP contribution in [0.1, 0.15) is 41.5 Å². The highest BCUT2D eigenvalue weighted by molar-refractivity contribution is 8.26. The number of thiocarbonyl (C=S) groups is 1. The van der Waals surface area contributed by atoms with E-state index in [0.717, 1.165) is 37.1 Å². The van der Waals surface area contributed by atoms with Crippen LogP contribution in [0.2, 0.25) is 0 Å². The Morgan fingerprint density at radius 1 is 1.00 bits per heavy atom. The second-order valence-electron chi connectivity index (χ2n) is 8.89. The summed E-state index contributed by atoms with van der Waals surface area (Å²) in [5, 5.41) is 0. The number of carbonyl (C=O) groups is 1. The first-order chi connectivity index (χ1) is 16.4. The number of fused-ring (bicyclic) bond motifs is 1. The monoisotopic (exact) mass is 490 g/mol. The highest BCUT2D eigenvalue weighted by atomic mass is 32.2. The smallest absolute Gasteiger partial charge is 0.267 e. The van der Waals surface area contributed by atoms with E-state index in [0.29, 0.717) is 32.8 Å². The predicted octanol–water partition coefficient (Wildman–Crippen LogP) is 4.70. The highest BCUT2D eigenvalue weighted by Gasteiger charge is 2.33. The molecular formula is C26H26N4O2S2. The van der Waals surface area contributed by atoms with Gasteiger partial charge in [0.25, 0.3) is 11.5 Å². The number of hydrogen-bond acceptors (Lipinski definition) is 6. The molecule has 2 aliphatic heterocycles. The maximum Gasteiger partial charge on any atom is 0.267 e. The van der Waals surface area contributed by atoms with Gasteiger partial charge < -0.3 is 4.90 Å². The number of amides is 1. The van der Waals surface area contributed by atoms with Gasteiger partial charge in [-0.3, -0.25) is 18.9 Å². The van der Waals surface area contributed by atoms with Gasteiger partial charge in [0.05, 0.1) is 17.0 Å². The maximum atomic E-state index is 13.6. The van der Waals surface area contributed by atoms with Crippen molar-refractivity contribution >= 4 is 51.7 Å². The molecule has 2 saturated heterocycles. The van der Waals surface area contributed by atoms with Gasteiger partial charge in [-0.05, 0) is 56.4 Å². The van der Waals surface area contributed by atoms with Crippen molar-refractivity contribution in [2.45, 2.75) is 39.7 Å². The van der Waals surface area contributed by atoms with Gasteiger partial charge in [-0.1, -0.05) is 59.9 Å². The summed E-state index contributed by atoms with van der Waals surface area (Å²) < 4.78 is 2.07. The zero-order valence-electron chi connectivity index (χ0n) is 19.3. The number of aryl methyl sites for hydroxylation is 2. The second kappa shape index (κ2) is 9.35. The minimum absolute atomic E-state index is 0.168. The fourth-order valence-corrected chi connectivity index (χ4v) is 5.60. The van der Waals surface area contributed by atoms with Crippen LogP contribution in [0, 0.1) is 13.8 Å². The molecule has 1 aromatic carbocycles. The van der Waals surface area contributed by atoms with E-state index in [2.05, 4.69) is 4.90 Å². The first-order valence-corrected chi connectivity index (χ1v) is 12.7. The molecular weight excluding hydrogens is 464 g/mol. The average Bonchev–Trinajstić information content (AvgIpc) is 3.10. The molecule has 1 amide bonds. The van der Waals surface area contributed by atoms with E-state index >= 15 is 0 Å². The fourth-order valence-electron chi connectivity index (χ4n) is 4.36. The third-order valence-corrected chi connectivity index (χ3v) is 7.63. The Morgan fingerprint density at radius 3 is 2.44 bits per heavy atom. The van der Waals surface area contributed by atoms with Gasteiger partial charge >= 0.3 is 0 Å². The molecule has 0 N–H and O–H groups in total. The lowest BCUT2D eigenvalue weighted by atomic mass is 10.1. The molecule has 6 nitrogen and oxygen atoms in total. The van der Waals surface area contributed by atoms with E-state index in [9.17, 15) is 9.59 Å². The molecule has 4 heterocycles. The van der Waals surface area contributed by atoms with Gasteiger partial charge in [-0.2, -0.15) is 0 Å². The lowest BCUT2D eigenvalue weighted by molar-refractivity contribution is -0.122. The van der Waals surface area contributed by atoms with Gasteiger partial charge in [0.15, 0.2) is 0 Å². The summed E-state index contributed by atoms with van der Waals surface area (Å²) in [6.07, 6.45) is 6.79. The molecule has 0 unspecified atom stereocenters. The molecule has 2 fully saturated rings. The quantitative estimate of drug-likeness (QED) is 0.390. The van der Waals surface area contributed by atoms with Gasteiger partial charge in [0.2, 0.25) is 0 Å². The number of anilines is 1. The van der Waals surface area contributed by atoms with E-state index in [1.807, 2.05) is 50.2 Å². The van der Waals surface area contributed by atoms with Crippen molar-refractivity contribution in [3.05, 3.63) is 80.1 Å². The fraction of sp³-hybridized carbons (Fsp3) is 0.308. The van der Waals surface area contributed by atoms with Crippen molar-refractivity contribution in [3.63, 3.8) is 0 Å². The first kappa shape index (κ1) is 22.8. The van der Waals surface area contributed by atoms with Crippen molar-refractivity contribution in [2.75, 3.05) is 18.0 Å². The Morgan fingerprint density at radius 2 is 1.71 bits per heavy atom. The van der Waals surface area contributed by atoms with E-state index in [-0.39, 0.29) is 11.5 Å². The van der Waals surface area contributed by atoms with Crippen LogP contribution in [0.25, 0.3) is 11.7 Å². The number of nitrogens with zero attached hydrogens (tertiary/aromatic N) is 4. The van der Waals surface area contributed by atoms with E-state index in [4.69, 9.17) is 17.2 Å². The summed E-state index contributed by atoms with van der Waals surface area (Å²) in [4.78, 5) is 36.0. The standard InChI is InChI=1S/C26H26N4O2S2/c1-17-6-9-19(10-7-17)16-30-25(32)21(34-26(30)33)14-20-23(28-12-4-3-5-13-28)27-22-11-8-18(2)15-29(22)24(20)31/h6-11,14-15H,3-5,12-13,16H2,1-2H3. The third-order valence-electron chi connectivity index (χ3n) is 6.25. The van der Waals surface area contributed by atoms with Gasteiger partial charge in [0.1, 0.15) is 15.8 Å². The number of pyridine rings is 1. The number of thioether (sulfide) groups is 1. The summed E-state index contributed by atoms with van der Waals surface area (Å²) in [5.74, 6) is 0.478. The summed E-state index contributed by atoms with van der Waals surface area (Å²) in [7, 11) is 0. The Hall–Kier alpha value is -2.97. The maximum absolute atomic E-state index is 13.6. The largest absolute Gasteiger partial charge is 0.356 e. The lowest BCUT2D eigenvalue weighted by Gasteiger charge is -2.29. The summed E-state index contributed by atoms with van der Waals surface area (Å²) in [6.45, 7) is 6.09. The van der Waals surface area contributed by atoms with E-state index in [1.54, 1.807) is 21.6 Å². The predicted molar refractivity (Wildman–Crippen MR) is 142 cm³/mol. The molecule has 0 saturated carbocycles. The second-order valence-corrected chi connectivity index (χ2v) is 10.6. The molecule has 0 radical (unpaired) electrons. The Bertz CT molecular complexity index is 1370. The Balaban J connectivity index is 1.56. The molecule has 8 heteroatoms. The molecule has 2 aromatic heterocycles. The van der Waals surface area contributed by atoms with Crippen molar-refractivity contribution in [1.29, 1.82) is 0 Å². The molecule has 0 bridgehead atoms. The molecule has 5 rings (SSSR count). The van der Waals surface area contributed by atoms with Crippen LogP contribution in [0.4, 0.5) is 5.82 Å². The topological polar surface area (TPSA) is 57.9 Å². The van der Waals surface area contributed by atoms with E-state index in [1.165, 1.54) is 23.7 Å². The number of carbonyl (C=O) groups excluding carboxylic acids is 1. The molecule has 0 atom stereocenters. The third kappa shape index (κ3) is 4.40. The average molecular weight is 491 g/mol. The Kier molecular flexibility index (Phi) is 6.27. The lowest BCUT2D eigenvalue weighted by Crippen LogP contribution is -2.33. The number of rotatable bonds is 4. The molecule has 2 aliphatic rings. The molecule has 34 heavy (non-hydrogen) atoms. The number of aromatic nitrogens is 2. The van der Waals surface area contributed by atoms with Crippen LogP contribution in [0.3, 0.4) is 0 Å². The Labute approximate surface area is 208 Å². The van der Waals surface area contributed by atoms with Crippen molar-refractivity contribution < 1.29 is 4.79 Å². The highest BCUT2D eigenvalue weighted by Crippen LogP contribution is 2.34. The zero-order chi connectivity index (χ0) is 23.8. The van der Waals surface area contributed by atoms with Crippen LogP contribution < -0.4 is 10.5 Å². The summed E-state index contributed by atoms with van der Waals surface area (Å²) in [6, 6.07) is 11.9. The molecule has 0 spiro atoms. The van der Waals surface area contributed by atoms with Crippen LogP contribution in [-0.4, -0.2) is 37.6 Å². The number of benzene rings is 1. The number of hydrogen-bond donors (Lipinski definition) is 0. The van der Waals surface area contributed by atoms with Crippen LogP contribution >= 0.6 is 24.0 Å². The van der Waals surface area contributed by atoms with E-state index < -0.39 is 0 Å². The minimum atomic E-state index is -0.172. The normalized spacial score (nSPS) is 17.9. The zero-order valence-corrected chi connectivity index (χ0v) is 20.9. The van der Waals surface area contributed by atoms with Crippen molar-refractivity contribution in [3.8, 4) is 0 Å². The van der Waals surface area contributed by atoms with Crippen LogP contribution in [-0.2, 0) is 11.3 Å². The summed E-state index contributed by atoms with van der Waals surface area (Å²) in [5.41, 5.74) is 4.04.